The zero-order chi connectivity index (χ0) is 15.1. The maximum absolute atomic E-state index is 12.9. The van der Waals surface area contributed by atoms with Gasteiger partial charge in [-0.1, -0.05) is 17.5 Å². The summed E-state index contributed by atoms with van der Waals surface area (Å²) >= 11 is 5.85. The van der Waals surface area contributed by atoms with Gasteiger partial charge in [-0.25, -0.2) is 0 Å². The van der Waals surface area contributed by atoms with Crippen LogP contribution < -0.4 is 4.74 Å². The van der Waals surface area contributed by atoms with E-state index in [-0.39, 0.29) is 22.8 Å². The number of alkyl halides is 3. The smallest absolute Gasteiger partial charge is 0.426 e. The first-order chi connectivity index (χ1) is 9.24. The Bertz CT molecular complexity index is 604. The summed E-state index contributed by atoms with van der Waals surface area (Å²) in [6.45, 7) is 0. The highest BCUT2D eigenvalue weighted by Gasteiger charge is 2.52. The molecule has 0 bridgehead atoms. The van der Waals surface area contributed by atoms with E-state index in [2.05, 4.69) is 5.92 Å². The summed E-state index contributed by atoms with van der Waals surface area (Å²) in [7, 11) is 0. The van der Waals surface area contributed by atoms with Crippen molar-refractivity contribution < 1.29 is 27.8 Å². The molecule has 0 spiro atoms. The first-order valence-electron chi connectivity index (χ1n) is 5.49. The Labute approximate surface area is 117 Å². The molecule has 7 heteroatoms. The molecular formula is C13H8ClF3O3. The van der Waals surface area contributed by atoms with Gasteiger partial charge in [-0.15, -0.1) is 6.42 Å². The number of halogens is 4. The lowest BCUT2D eigenvalue weighted by molar-refractivity contribution is -0.217. The highest BCUT2D eigenvalue weighted by atomic mass is 35.5. The van der Waals surface area contributed by atoms with Crippen LogP contribution in [-0.4, -0.2) is 23.4 Å². The Kier molecular flexibility index (Phi) is 3.57. The molecule has 0 amide bonds. The average Bonchev–Trinajstić information content (AvgIpc) is 2.35. The van der Waals surface area contributed by atoms with Crippen molar-refractivity contribution in [3.05, 3.63) is 28.3 Å². The zero-order valence-corrected chi connectivity index (χ0v) is 10.6. The molecule has 2 atom stereocenters. The minimum atomic E-state index is -4.78. The monoisotopic (exact) mass is 304 g/mol. The number of rotatable bonds is 1. The van der Waals surface area contributed by atoms with Crippen molar-refractivity contribution in [3.8, 4) is 18.1 Å². The van der Waals surface area contributed by atoms with E-state index in [4.69, 9.17) is 27.9 Å². The number of ether oxygens (including phenoxy) is 1. The summed E-state index contributed by atoms with van der Waals surface area (Å²) in [4.78, 5) is 11.0. The van der Waals surface area contributed by atoms with Gasteiger partial charge >= 0.3 is 12.1 Å². The number of carboxylic acid groups (broad SMARTS) is 1. The van der Waals surface area contributed by atoms with E-state index in [9.17, 15) is 18.0 Å². The predicted molar refractivity (Wildman–Crippen MR) is 64.7 cm³/mol. The SMILES string of the molecule is C#Cc1cc2c(cc1Cl)CC(C(=O)O)C(C(F)(F)F)O2. The number of carbonyl (C=O) groups is 1. The number of hydrogen-bond acceptors (Lipinski definition) is 2. The summed E-state index contributed by atoms with van der Waals surface area (Å²) in [5.41, 5.74) is 0.488. The largest absolute Gasteiger partial charge is 0.481 e. The molecule has 1 aromatic rings. The number of fused-ring (bicyclic) bond motifs is 1. The lowest BCUT2D eigenvalue weighted by Crippen LogP contribution is -2.47. The van der Waals surface area contributed by atoms with Crippen LogP contribution in [0.5, 0.6) is 5.75 Å². The van der Waals surface area contributed by atoms with Crippen LogP contribution in [0.3, 0.4) is 0 Å². The summed E-state index contributed by atoms with van der Waals surface area (Å²) in [6, 6.07) is 2.56. The van der Waals surface area contributed by atoms with Gasteiger partial charge in [0.25, 0.3) is 0 Å². The van der Waals surface area contributed by atoms with E-state index in [1.54, 1.807) is 0 Å². The van der Waals surface area contributed by atoms with Crippen LogP contribution in [-0.2, 0) is 11.2 Å². The summed E-state index contributed by atoms with van der Waals surface area (Å²) in [6.07, 6.45) is -2.33. The second-order valence-corrected chi connectivity index (χ2v) is 4.72. The molecule has 2 unspecified atom stereocenters. The minimum absolute atomic E-state index is 0.0813. The van der Waals surface area contributed by atoms with E-state index in [1.807, 2.05) is 0 Å². The predicted octanol–water partition coefficient (Wildman–Crippen LogP) is 2.89. The number of terminal acetylenes is 1. The minimum Gasteiger partial charge on any atom is -0.481 e. The van der Waals surface area contributed by atoms with Gasteiger partial charge in [0.2, 0.25) is 6.10 Å². The summed E-state index contributed by atoms with van der Waals surface area (Å²) in [5.74, 6) is -1.14. The molecule has 1 aromatic carbocycles. The van der Waals surface area contributed by atoms with Gasteiger partial charge in [0.15, 0.2) is 0 Å². The fourth-order valence-corrected chi connectivity index (χ4v) is 2.29. The van der Waals surface area contributed by atoms with Crippen LogP contribution in [0.4, 0.5) is 13.2 Å². The molecule has 1 aliphatic rings. The molecule has 0 radical (unpaired) electrons. The second kappa shape index (κ2) is 4.91. The third-order valence-electron chi connectivity index (χ3n) is 3.00. The molecule has 1 aliphatic heterocycles. The van der Waals surface area contributed by atoms with Crippen molar-refractivity contribution in [2.24, 2.45) is 5.92 Å². The fourth-order valence-electron chi connectivity index (χ4n) is 2.05. The van der Waals surface area contributed by atoms with Gasteiger partial charge < -0.3 is 9.84 Å². The quantitative estimate of drug-likeness (QED) is 0.812. The van der Waals surface area contributed by atoms with E-state index in [1.165, 1.54) is 12.1 Å². The molecule has 0 fully saturated rings. The first-order valence-corrected chi connectivity index (χ1v) is 5.87. The molecule has 1 N–H and O–H groups in total. The molecule has 0 aromatic heterocycles. The Morgan fingerprint density at radius 2 is 2.15 bits per heavy atom. The van der Waals surface area contributed by atoms with Crippen molar-refractivity contribution in [2.45, 2.75) is 18.7 Å². The van der Waals surface area contributed by atoms with Crippen LogP contribution in [0.2, 0.25) is 5.02 Å². The van der Waals surface area contributed by atoms with Crippen molar-refractivity contribution in [1.29, 1.82) is 0 Å². The number of carboxylic acids is 1. The number of benzene rings is 1. The van der Waals surface area contributed by atoms with Gasteiger partial charge in [-0.3, -0.25) is 4.79 Å². The molecule has 0 saturated carbocycles. The van der Waals surface area contributed by atoms with Crippen molar-refractivity contribution in [1.82, 2.24) is 0 Å². The van der Waals surface area contributed by atoms with Gasteiger partial charge in [0, 0.05) is 5.56 Å². The molecule has 0 saturated heterocycles. The lowest BCUT2D eigenvalue weighted by Gasteiger charge is -2.32. The van der Waals surface area contributed by atoms with Crippen molar-refractivity contribution in [3.63, 3.8) is 0 Å². The maximum atomic E-state index is 12.9. The molecule has 1 heterocycles. The molecule has 0 aliphatic carbocycles. The number of hydrogen-bond donors (Lipinski definition) is 1. The normalized spacial score (nSPS) is 21.6. The Hall–Kier alpha value is -1.87. The van der Waals surface area contributed by atoms with E-state index in [0.29, 0.717) is 5.56 Å². The molecule has 3 nitrogen and oxygen atoms in total. The van der Waals surface area contributed by atoms with Crippen LogP contribution in [0, 0.1) is 18.3 Å². The fraction of sp³-hybridized carbons (Fsp3) is 0.308. The second-order valence-electron chi connectivity index (χ2n) is 4.31. The topological polar surface area (TPSA) is 46.5 Å². The highest BCUT2D eigenvalue weighted by Crippen LogP contribution is 2.40. The Morgan fingerprint density at radius 1 is 1.50 bits per heavy atom. The Morgan fingerprint density at radius 3 is 2.65 bits per heavy atom. The van der Waals surface area contributed by atoms with Gasteiger partial charge in [0.1, 0.15) is 11.7 Å². The van der Waals surface area contributed by atoms with Gasteiger partial charge in [-0.2, -0.15) is 13.2 Å². The third-order valence-corrected chi connectivity index (χ3v) is 3.32. The van der Waals surface area contributed by atoms with Crippen LogP contribution >= 0.6 is 11.6 Å². The van der Waals surface area contributed by atoms with Crippen LogP contribution in [0.25, 0.3) is 0 Å². The Balaban J connectivity index is 2.49. The van der Waals surface area contributed by atoms with Gasteiger partial charge in [-0.05, 0) is 24.1 Å². The summed E-state index contributed by atoms with van der Waals surface area (Å²) in [5, 5.41) is 9.09. The lowest BCUT2D eigenvalue weighted by atomic mass is 9.89. The molecule has 2 rings (SSSR count). The van der Waals surface area contributed by atoms with Gasteiger partial charge in [0.05, 0.1) is 5.02 Å². The van der Waals surface area contributed by atoms with Crippen molar-refractivity contribution in [2.75, 3.05) is 0 Å². The van der Waals surface area contributed by atoms with Crippen LogP contribution in [0.15, 0.2) is 12.1 Å². The first kappa shape index (κ1) is 14.5. The molecule has 106 valence electrons. The highest BCUT2D eigenvalue weighted by molar-refractivity contribution is 6.31. The molecule has 20 heavy (non-hydrogen) atoms. The number of aliphatic carboxylic acids is 1. The maximum Gasteiger partial charge on any atom is 0.426 e. The van der Waals surface area contributed by atoms with Crippen molar-refractivity contribution >= 4 is 17.6 Å². The van der Waals surface area contributed by atoms with E-state index >= 15 is 0 Å². The standard InChI is InChI=1S/C13H8ClF3O3/c1-2-6-5-10-7(4-9(6)14)3-8(12(18)19)11(20-10)13(15,16)17/h1,4-5,8,11H,3H2,(H,18,19). The average molecular weight is 305 g/mol. The van der Waals surface area contributed by atoms with Crippen LogP contribution in [0.1, 0.15) is 11.1 Å². The molecular weight excluding hydrogens is 297 g/mol. The summed E-state index contributed by atoms with van der Waals surface area (Å²) < 4.78 is 43.4. The van der Waals surface area contributed by atoms with E-state index in [0.717, 1.165) is 0 Å². The zero-order valence-electron chi connectivity index (χ0n) is 9.87. The third kappa shape index (κ3) is 2.54. The van der Waals surface area contributed by atoms with E-state index < -0.39 is 24.2 Å².